The third-order valence-corrected chi connectivity index (χ3v) is 2.50. The third kappa shape index (κ3) is 1.55. The van der Waals surface area contributed by atoms with Crippen LogP contribution < -0.4 is 5.56 Å². The molecule has 0 atom stereocenters. The first kappa shape index (κ1) is 11.2. The number of nitrogens with zero attached hydrogens (tertiary/aromatic N) is 2. The molecule has 0 saturated carbocycles. The van der Waals surface area contributed by atoms with Crippen molar-refractivity contribution in [3.8, 4) is 5.88 Å². The van der Waals surface area contributed by atoms with E-state index in [2.05, 4.69) is 10.1 Å². The van der Waals surface area contributed by atoms with E-state index in [1.165, 1.54) is 0 Å². The SMILES string of the molecule is CC(C)c1c(O)n2ncc(C(=O)O)c2[nH]c1=O. The number of aromatic nitrogens is 3. The molecule has 2 aromatic heterocycles. The summed E-state index contributed by atoms with van der Waals surface area (Å²) in [5.74, 6) is -1.74. The van der Waals surface area contributed by atoms with Crippen LogP contribution in [-0.4, -0.2) is 30.8 Å². The molecule has 0 aliphatic heterocycles. The van der Waals surface area contributed by atoms with Gasteiger partial charge in [-0.1, -0.05) is 13.8 Å². The van der Waals surface area contributed by atoms with Gasteiger partial charge in [-0.3, -0.25) is 4.79 Å². The molecule has 0 aromatic carbocycles. The lowest BCUT2D eigenvalue weighted by atomic mass is 10.1. The van der Waals surface area contributed by atoms with Crippen LogP contribution >= 0.6 is 0 Å². The van der Waals surface area contributed by atoms with Crippen LogP contribution in [0.15, 0.2) is 11.0 Å². The standard InChI is InChI=1S/C10H11N3O4/c1-4(2)6-8(14)12-7-5(10(16)17)3-11-13(7)9(6)15/h3-4,15H,1-2H3,(H,12,14)(H,16,17). The first-order chi connectivity index (χ1) is 7.93. The molecule has 90 valence electrons. The smallest absolute Gasteiger partial charge is 0.341 e. The summed E-state index contributed by atoms with van der Waals surface area (Å²) in [5.41, 5.74) is -0.511. The molecule has 2 rings (SSSR count). The maximum atomic E-state index is 11.7. The molecule has 3 N–H and O–H groups in total. The van der Waals surface area contributed by atoms with Gasteiger partial charge in [0.25, 0.3) is 5.56 Å². The molecule has 0 bridgehead atoms. The fourth-order valence-electron chi connectivity index (χ4n) is 1.70. The van der Waals surface area contributed by atoms with Gasteiger partial charge in [0.15, 0.2) is 5.65 Å². The van der Waals surface area contributed by atoms with E-state index in [4.69, 9.17) is 5.11 Å². The highest BCUT2D eigenvalue weighted by molar-refractivity contribution is 5.94. The molecule has 0 spiro atoms. The van der Waals surface area contributed by atoms with Gasteiger partial charge in [-0.2, -0.15) is 9.61 Å². The molecule has 0 radical (unpaired) electrons. The number of rotatable bonds is 2. The topological polar surface area (TPSA) is 108 Å². The second-order valence-corrected chi connectivity index (χ2v) is 3.97. The molecule has 0 saturated heterocycles. The molecular weight excluding hydrogens is 226 g/mol. The monoisotopic (exact) mass is 237 g/mol. The lowest BCUT2D eigenvalue weighted by Gasteiger charge is -2.07. The number of nitrogens with one attached hydrogen (secondary N) is 1. The van der Waals surface area contributed by atoms with Gasteiger partial charge in [-0.05, 0) is 5.92 Å². The van der Waals surface area contributed by atoms with Crippen LogP contribution in [0.4, 0.5) is 0 Å². The van der Waals surface area contributed by atoms with E-state index < -0.39 is 11.5 Å². The number of aromatic amines is 1. The summed E-state index contributed by atoms with van der Waals surface area (Å²) >= 11 is 0. The number of fused-ring (bicyclic) bond motifs is 1. The van der Waals surface area contributed by atoms with Crippen molar-refractivity contribution in [2.24, 2.45) is 0 Å². The zero-order chi connectivity index (χ0) is 12.7. The van der Waals surface area contributed by atoms with E-state index in [-0.39, 0.29) is 28.6 Å². The molecular formula is C10H11N3O4. The zero-order valence-corrected chi connectivity index (χ0v) is 9.26. The highest BCUT2D eigenvalue weighted by Crippen LogP contribution is 2.22. The molecule has 7 nitrogen and oxygen atoms in total. The van der Waals surface area contributed by atoms with Crippen LogP contribution in [0.3, 0.4) is 0 Å². The Morgan fingerprint density at radius 3 is 2.71 bits per heavy atom. The molecule has 0 fully saturated rings. The summed E-state index contributed by atoms with van der Waals surface area (Å²) in [6, 6.07) is 0. The van der Waals surface area contributed by atoms with E-state index in [0.29, 0.717) is 0 Å². The first-order valence-corrected chi connectivity index (χ1v) is 4.99. The zero-order valence-electron chi connectivity index (χ0n) is 9.26. The maximum absolute atomic E-state index is 11.7. The highest BCUT2D eigenvalue weighted by atomic mass is 16.4. The van der Waals surface area contributed by atoms with Crippen molar-refractivity contribution in [1.82, 2.24) is 14.6 Å². The average molecular weight is 237 g/mol. The number of H-pyrrole nitrogens is 1. The van der Waals surface area contributed by atoms with Crippen LogP contribution in [-0.2, 0) is 0 Å². The number of carboxylic acids is 1. The largest absolute Gasteiger partial charge is 0.493 e. The average Bonchev–Trinajstić information content (AvgIpc) is 2.60. The van der Waals surface area contributed by atoms with Crippen LogP contribution in [0.25, 0.3) is 5.65 Å². The van der Waals surface area contributed by atoms with Crippen LogP contribution in [0.2, 0.25) is 0 Å². The summed E-state index contributed by atoms with van der Waals surface area (Å²) in [7, 11) is 0. The number of carbonyl (C=O) groups is 1. The van der Waals surface area contributed by atoms with Gasteiger partial charge in [0.2, 0.25) is 5.88 Å². The van der Waals surface area contributed by atoms with E-state index in [9.17, 15) is 14.7 Å². The van der Waals surface area contributed by atoms with Crippen LogP contribution in [0.1, 0.15) is 35.7 Å². The van der Waals surface area contributed by atoms with Crippen molar-refractivity contribution in [2.45, 2.75) is 19.8 Å². The normalized spacial score (nSPS) is 11.2. The Kier molecular flexibility index (Phi) is 2.38. The minimum absolute atomic E-state index is 0.0237. The van der Waals surface area contributed by atoms with E-state index >= 15 is 0 Å². The highest BCUT2D eigenvalue weighted by Gasteiger charge is 2.20. The number of hydrogen-bond acceptors (Lipinski definition) is 4. The van der Waals surface area contributed by atoms with E-state index in [1.54, 1.807) is 13.8 Å². The van der Waals surface area contributed by atoms with Crippen LogP contribution in [0, 0.1) is 0 Å². The molecule has 0 aliphatic carbocycles. The van der Waals surface area contributed by atoms with Gasteiger partial charge < -0.3 is 15.2 Å². The first-order valence-electron chi connectivity index (χ1n) is 4.99. The summed E-state index contributed by atoms with van der Waals surface area (Å²) < 4.78 is 1.01. The van der Waals surface area contributed by atoms with Gasteiger partial charge in [0.1, 0.15) is 5.56 Å². The maximum Gasteiger partial charge on any atom is 0.341 e. The molecule has 0 amide bonds. The number of aromatic hydroxyl groups is 1. The Bertz CT molecular complexity index is 653. The predicted octanol–water partition coefficient (Wildman–Crippen LogP) is 0.550. The lowest BCUT2D eigenvalue weighted by Crippen LogP contribution is -2.17. The summed E-state index contributed by atoms with van der Waals surface area (Å²) in [6.07, 6.45) is 1.08. The predicted molar refractivity (Wildman–Crippen MR) is 58.5 cm³/mol. The lowest BCUT2D eigenvalue weighted by molar-refractivity contribution is 0.0699. The Hall–Kier alpha value is -2.31. The fourth-order valence-corrected chi connectivity index (χ4v) is 1.70. The second kappa shape index (κ2) is 3.62. The molecule has 17 heavy (non-hydrogen) atoms. The summed E-state index contributed by atoms with van der Waals surface area (Å²) in [6.45, 7) is 3.50. The van der Waals surface area contributed by atoms with Crippen molar-refractivity contribution in [3.05, 3.63) is 27.7 Å². The summed E-state index contributed by atoms with van der Waals surface area (Å²) in [5, 5.41) is 22.5. The fraction of sp³-hybridized carbons (Fsp3) is 0.300. The molecule has 2 aromatic rings. The van der Waals surface area contributed by atoms with Crippen molar-refractivity contribution in [2.75, 3.05) is 0 Å². The van der Waals surface area contributed by atoms with Crippen molar-refractivity contribution >= 4 is 11.6 Å². The minimum Gasteiger partial charge on any atom is -0.493 e. The van der Waals surface area contributed by atoms with Crippen LogP contribution in [0.5, 0.6) is 5.88 Å². The third-order valence-electron chi connectivity index (χ3n) is 2.50. The van der Waals surface area contributed by atoms with Gasteiger partial charge in [-0.15, -0.1) is 0 Å². The molecule has 0 aliphatic rings. The van der Waals surface area contributed by atoms with Gasteiger partial charge in [0, 0.05) is 0 Å². The van der Waals surface area contributed by atoms with Crippen molar-refractivity contribution in [3.63, 3.8) is 0 Å². The Balaban J connectivity index is 2.88. The second-order valence-electron chi connectivity index (χ2n) is 3.97. The Morgan fingerprint density at radius 2 is 2.18 bits per heavy atom. The molecule has 7 heteroatoms. The van der Waals surface area contributed by atoms with Crippen molar-refractivity contribution in [1.29, 1.82) is 0 Å². The van der Waals surface area contributed by atoms with Gasteiger partial charge in [0.05, 0.1) is 11.8 Å². The van der Waals surface area contributed by atoms with E-state index in [1.807, 2.05) is 0 Å². The van der Waals surface area contributed by atoms with Gasteiger partial charge in [-0.25, -0.2) is 4.79 Å². The summed E-state index contributed by atoms with van der Waals surface area (Å²) in [4.78, 5) is 25.0. The number of carboxylic acid groups (broad SMARTS) is 1. The number of aromatic carboxylic acids is 1. The minimum atomic E-state index is -1.22. The van der Waals surface area contributed by atoms with E-state index in [0.717, 1.165) is 10.7 Å². The number of hydrogen-bond donors (Lipinski definition) is 3. The molecule has 2 heterocycles. The Labute approximate surface area is 95.3 Å². The molecule has 0 unspecified atom stereocenters. The Morgan fingerprint density at radius 1 is 1.53 bits per heavy atom. The van der Waals surface area contributed by atoms with Crippen molar-refractivity contribution < 1.29 is 15.0 Å². The quantitative estimate of drug-likeness (QED) is 0.706. The van der Waals surface area contributed by atoms with Gasteiger partial charge >= 0.3 is 5.97 Å².